The van der Waals surface area contributed by atoms with E-state index in [-0.39, 0.29) is 24.0 Å². The highest BCUT2D eigenvalue weighted by Gasteiger charge is 2.34. The Kier molecular flexibility index (Phi) is 9.38. The summed E-state index contributed by atoms with van der Waals surface area (Å²) in [5.74, 6) is -1.04. The molecule has 10 heteroatoms. The van der Waals surface area contributed by atoms with E-state index in [0.717, 1.165) is 38.4 Å². The molecule has 1 aliphatic carbocycles. The predicted molar refractivity (Wildman–Crippen MR) is 145 cm³/mol. The van der Waals surface area contributed by atoms with Crippen LogP contribution in [0.4, 0.5) is 14.6 Å². The van der Waals surface area contributed by atoms with Gasteiger partial charge in [0.25, 0.3) is 0 Å². The largest absolute Gasteiger partial charge is 0.376 e. The van der Waals surface area contributed by atoms with Crippen molar-refractivity contribution in [3.8, 4) is 0 Å². The van der Waals surface area contributed by atoms with Crippen molar-refractivity contribution in [3.05, 3.63) is 47.4 Å². The Morgan fingerprint density at radius 1 is 1.26 bits per heavy atom. The average Bonchev–Trinajstić information content (AvgIpc) is 3.38. The number of ether oxygens (including phenoxy) is 1. The zero-order chi connectivity index (χ0) is 28.2. The second-order valence-electron chi connectivity index (χ2n) is 11.4. The highest BCUT2D eigenvalue weighted by molar-refractivity contribution is 5.94. The van der Waals surface area contributed by atoms with Crippen LogP contribution in [0, 0.1) is 11.6 Å². The first-order valence-corrected chi connectivity index (χ1v) is 14.0. The number of likely N-dealkylation sites (N-methyl/N-ethyl adjacent to an activating group) is 1. The number of fused-ring (bicyclic) bond motifs is 1. The molecule has 214 valence electrons. The molecular weight excluding hydrogens is 504 g/mol. The van der Waals surface area contributed by atoms with Crippen molar-refractivity contribution in [2.75, 3.05) is 25.5 Å². The highest BCUT2D eigenvalue weighted by atomic mass is 19.1. The molecule has 4 rings (SSSR count). The number of hydrogen-bond donors (Lipinski definition) is 2. The highest BCUT2D eigenvalue weighted by Crippen LogP contribution is 2.26. The second-order valence-corrected chi connectivity index (χ2v) is 11.4. The van der Waals surface area contributed by atoms with Gasteiger partial charge in [-0.3, -0.25) is 9.59 Å². The monoisotopic (exact) mass is 545 g/mol. The minimum Gasteiger partial charge on any atom is -0.376 e. The van der Waals surface area contributed by atoms with Crippen LogP contribution in [0.5, 0.6) is 0 Å². The fraction of sp³-hybridized carbons (Fsp3) is 0.621. The molecule has 39 heavy (non-hydrogen) atoms. The number of benzene rings is 1. The quantitative estimate of drug-likeness (QED) is 0.468. The zero-order valence-electron chi connectivity index (χ0n) is 23.4. The molecule has 2 amide bonds. The number of nitrogens with one attached hydrogen (secondary N) is 2. The summed E-state index contributed by atoms with van der Waals surface area (Å²) in [5.41, 5.74) is 0.308. The Hall–Kier alpha value is -2.85. The molecule has 3 atom stereocenters. The van der Waals surface area contributed by atoms with Gasteiger partial charge in [0.05, 0.1) is 18.5 Å². The van der Waals surface area contributed by atoms with E-state index in [9.17, 15) is 18.4 Å². The van der Waals surface area contributed by atoms with Gasteiger partial charge in [-0.15, -0.1) is 0 Å². The standard InChI is InChI=1S/C29H41F2N5O3/c1-5-8-25(33-21-11-10-19-13-20(30)14-24(31)23(19)15-21)27(37)34-26-17-36(18-32-26)29(2,3)28(38)35(4)16-22-9-6-7-12-39-22/h13-14,17-18,21-22,25,33H,5-12,15-16H2,1-4H3,(H,34,37)/t21?,22?,25-/m0/s1. The molecule has 0 bridgehead atoms. The van der Waals surface area contributed by atoms with Gasteiger partial charge in [-0.05, 0) is 76.0 Å². The Balaban J connectivity index is 1.37. The number of hydrogen-bond acceptors (Lipinski definition) is 5. The molecule has 2 aliphatic rings. The lowest BCUT2D eigenvalue weighted by molar-refractivity contribution is -0.140. The molecule has 1 fully saturated rings. The maximum atomic E-state index is 14.4. The van der Waals surface area contributed by atoms with Gasteiger partial charge in [-0.2, -0.15) is 0 Å². The summed E-state index contributed by atoms with van der Waals surface area (Å²) in [6.45, 7) is 6.93. The second kappa shape index (κ2) is 12.6. The lowest BCUT2D eigenvalue weighted by atomic mass is 9.87. The van der Waals surface area contributed by atoms with Crippen molar-refractivity contribution in [1.82, 2.24) is 19.8 Å². The lowest BCUT2D eigenvalue weighted by Gasteiger charge is -2.33. The van der Waals surface area contributed by atoms with Crippen LogP contribution in [0.1, 0.15) is 70.4 Å². The Morgan fingerprint density at radius 2 is 2.05 bits per heavy atom. The van der Waals surface area contributed by atoms with E-state index in [4.69, 9.17) is 4.74 Å². The van der Waals surface area contributed by atoms with E-state index in [1.807, 2.05) is 20.8 Å². The van der Waals surface area contributed by atoms with Crippen molar-refractivity contribution in [3.63, 3.8) is 0 Å². The van der Waals surface area contributed by atoms with E-state index in [1.165, 1.54) is 6.07 Å². The third-order valence-electron chi connectivity index (χ3n) is 7.90. The number of imidazole rings is 1. The number of aryl methyl sites for hydroxylation is 1. The van der Waals surface area contributed by atoms with Crippen LogP contribution in [-0.2, 0) is 32.7 Å². The molecule has 2 aromatic rings. The minimum atomic E-state index is -0.903. The summed E-state index contributed by atoms with van der Waals surface area (Å²) < 4.78 is 35.5. The molecule has 2 unspecified atom stereocenters. The number of carbonyl (C=O) groups excluding carboxylic acids is 2. The van der Waals surface area contributed by atoms with Crippen molar-refractivity contribution in [2.45, 2.75) is 95.9 Å². The van der Waals surface area contributed by atoms with E-state index < -0.39 is 23.2 Å². The fourth-order valence-corrected chi connectivity index (χ4v) is 5.62. The Morgan fingerprint density at radius 3 is 2.77 bits per heavy atom. The third kappa shape index (κ3) is 7.03. The van der Waals surface area contributed by atoms with E-state index >= 15 is 0 Å². The first-order chi connectivity index (χ1) is 18.6. The van der Waals surface area contributed by atoms with Crippen molar-refractivity contribution in [2.24, 2.45) is 0 Å². The molecule has 1 saturated heterocycles. The molecule has 0 saturated carbocycles. The van der Waals surface area contributed by atoms with Gasteiger partial charge in [0.2, 0.25) is 11.8 Å². The topological polar surface area (TPSA) is 88.5 Å². The summed E-state index contributed by atoms with van der Waals surface area (Å²) in [6, 6.07) is 1.72. The number of rotatable bonds is 10. The zero-order valence-corrected chi connectivity index (χ0v) is 23.4. The van der Waals surface area contributed by atoms with E-state index in [0.29, 0.717) is 49.2 Å². The van der Waals surface area contributed by atoms with Gasteiger partial charge in [0.15, 0.2) is 5.82 Å². The molecule has 0 radical (unpaired) electrons. The molecule has 1 aromatic heterocycles. The number of nitrogens with zero attached hydrogens (tertiary/aromatic N) is 3. The number of aromatic nitrogens is 2. The third-order valence-corrected chi connectivity index (χ3v) is 7.90. The SMILES string of the molecule is CCC[C@H](NC1CCc2cc(F)cc(F)c2C1)C(=O)Nc1cn(C(C)(C)C(=O)N(C)CC2CCCCO2)cn1. The van der Waals surface area contributed by atoms with Crippen LogP contribution in [0.25, 0.3) is 0 Å². The van der Waals surface area contributed by atoms with Crippen LogP contribution in [0.2, 0.25) is 0 Å². The summed E-state index contributed by atoms with van der Waals surface area (Å²) in [4.78, 5) is 32.6. The van der Waals surface area contributed by atoms with Crippen LogP contribution in [-0.4, -0.2) is 64.7 Å². The first-order valence-electron chi connectivity index (χ1n) is 14.0. The van der Waals surface area contributed by atoms with Crippen molar-refractivity contribution in [1.29, 1.82) is 0 Å². The van der Waals surface area contributed by atoms with Crippen LogP contribution >= 0.6 is 0 Å². The average molecular weight is 546 g/mol. The summed E-state index contributed by atoms with van der Waals surface area (Å²) >= 11 is 0. The van der Waals surface area contributed by atoms with E-state index in [2.05, 4.69) is 15.6 Å². The minimum absolute atomic E-state index is 0.0550. The Bertz CT molecular complexity index is 1160. The molecule has 8 nitrogen and oxygen atoms in total. The van der Waals surface area contributed by atoms with Crippen molar-refractivity contribution < 1.29 is 23.1 Å². The van der Waals surface area contributed by atoms with Gasteiger partial charge in [-0.25, -0.2) is 13.8 Å². The van der Waals surface area contributed by atoms with Gasteiger partial charge in [-0.1, -0.05) is 13.3 Å². The summed E-state index contributed by atoms with van der Waals surface area (Å²) in [7, 11) is 1.79. The first kappa shape index (κ1) is 29.1. The predicted octanol–water partition coefficient (Wildman–Crippen LogP) is 4.18. The Labute approximate surface area is 229 Å². The normalized spacial score (nSPS) is 20.3. The van der Waals surface area contributed by atoms with Crippen molar-refractivity contribution >= 4 is 17.6 Å². The maximum absolute atomic E-state index is 14.4. The summed E-state index contributed by atoms with van der Waals surface area (Å²) in [5, 5.41) is 6.27. The van der Waals surface area contributed by atoms with Crippen LogP contribution < -0.4 is 10.6 Å². The van der Waals surface area contributed by atoms with Gasteiger partial charge >= 0.3 is 0 Å². The lowest BCUT2D eigenvalue weighted by Crippen LogP contribution is -2.48. The smallest absolute Gasteiger partial charge is 0.248 e. The summed E-state index contributed by atoms with van der Waals surface area (Å²) in [6.07, 6.45) is 9.42. The van der Waals surface area contributed by atoms with Crippen LogP contribution in [0.3, 0.4) is 0 Å². The molecule has 0 spiro atoms. The van der Waals surface area contributed by atoms with Gasteiger partial charge in [0, 0.05) is 38.5 Å². The molecule has 1 aliphatic heterocycles. The van der Waals surface area contributed by atoms with Gasteiger partial charge in [0.1, 0.15) is 17.2 Å². The number of carbonyl (C=O) groups is 2. The molecule has 2 N–H and O–H groups in total. The maximum Gasteiger partial charge on any atom is 0.248 e. The molecule has 1 aromatic carbocycles. The molecular formula is C29H41F2N5O3. The molecule has 2 heterocycles. The fourth-order valence-electron chi connectivity index (χ4n) is 5.62. The number of amides is 2. The number of anilines is 1. The van der Waals surface area contributed by atoms with Gasteiger partial charge < -0.3 is 24.8 Å². The van der Waals surface area contributed by atoms with Crippen LogP contribution in [0.15, 0.2) is 24.7 Å². The van der Waals surface area contributed by atoms with E-state index in [1.54, 1.807) is 29.0 Å². The number of halogens is 2.